The Balaban J connectivity index is 1.07. The van der Waals surface area contributed by atoms with Crippen molar-refractivity contribution in [2.75, 3.05) is 0 Å². The lowest BCUT2D eigenvalue weighted by Crippen LogP contribution is -1.92. The summed E-state index contributed by atoms with van der Waals surface area (Å²) in [6, 6.07) is 74.3. The van der Waals surface area contributed by atoms with Crippen LogP contribution in [-0.2, 0) is 0 Å². The number of benzene rings is 11. The minimum Gasteiger partial charge on any atom is -0.456 e. The first-order chi connectivity index (χ1) is 29.8. The summed E-state index contributed by atoms with van der Waals surface area (Å²) in [6.45, 7) is 0. The van der Waals surface area contributed by atoms with E-state index in [1.54, 1.807) is 0 Å². The van der Waals surface area contributed by atoms with E-state index in [1.807, 2.05) is 6.07 Å². The summed E-state index contributed by atoms with van der Waals surface area (Å²) in [4.78, 5) is 0. The van der Waals surface area contributed by atoms with Crippen molar-refractivity contribution in [1.29, 1.82) is 0 Å². The van der Waals surface area contributed by atoms with E-state index in [-0.39, 0.29) is 0 Å². The Morgan fingerprint density at radius 1 is 0.217 bits per heavy atom. The van der Waals surface area contributed by atoms with E-state index >= 15 is 0 Å². The van der Waals surface area contributed by atoms with Crippen LogP contribution in [0.1, 0.15) is 0 Å². The molecule has 0 bridgehead atoms. The maximum Gasteiger partial charge on any atom is 0.136 e. The van der Waals surface area contributed by atoms with E-state index in [2.05, 4.69) is 200 Å². The molecule has 2 nitrogen and oxygen atoms in total. The normalized spacial score (nSPS) is 12.0. The average molecular weight is 763 g/mol. The van der Waals surface area contributed by atoms with Gasteiger partial charge in [0.05, 0.1) is 0 Å². The summed E-state index contributed by atoms with van der Waals surface area (Å²) in [6.07, 6.45) is 0. The molecule has 0 unspecified atom stereocenters. The number of furan rings is 2. The predicted octanol–water partition coefficient (Wildman–Crippen LogP) is 16.8. The molecule has 0 amide bonds. The number of rotatable bonds is 4. The van der Waals surface area contributed by atoms with Crippen LogP contribution in [0.5, 0.6) is 0 Å². The second kappa shape index (κ2) is 12.8. The zero-order valence-corrected chi connectivity index (χ0v) is 32.4. The van der Waals surface area contributed by atoms with Crippen molar-refractivity contribution in [1.82, 2.24) is 0 Å². The number of hydrogen-bond acceptors (Lipinski definition) is 2. The van der Waals surface area contributed by atoms with Gasteiger partial charge in [-0.2, -0.15) is 0 Å². The Hall–Kier alpha value is -7.94. The van der Waals surface area contributed by atoms with Gasteiger partial charge in [0.1, 0.15) is 22.3 Å². The van der Waals surface area contributed by atoms with Gasteiger partial charge in [-0.25, -0.2) is 0 Å². The molecular formula is C58H34O2. The maximum atomic E-state index is 6.88. The van der Waals surface area contributed by atoms with E-state index in [0.717, 1.165) is 55.0 Å². The topological polar surface area (TPSA) is 26.3 Å². The van der Waals surface area contributed by atoms with Crippen LogP contribution < -0.4 is 0 Å². The summed E-state index contributed by atoms with van der Waals surface area (Å²) in [5, 5.41) is 14.2. The SMILES string of the molecule is c1ccc(-c2c3ccccc3c(-c3ccc4c(c3)oc3cccc(-c5c6ccccc6c(-c6cccc7oc8ccccc8c67)c6ccccc56)c34)c3ccccc23)cc1. The molecule has 0 aliphatic heterocycles. The van der Waals surface area contributed by atoms with E-state index in [9.17, 15) is 0 Å². The molecule has 0 aliphatic carbocycles. The first kappa shape index (κ1) is 33.1. The van der Waals surface area contributed by atoms with Gasteiger partial charge in [0.25, 0.3) is 0 Å². The summed E-state index contributed by atoms with van der Waals surface area (Å²) < 4.78 is 13.3. The van der Waals surface area contributed by atoms with Gasteiger partial charge < -0.3 is 8.83 Å². The zero-order valence-electron chi connectivity index (χ0n) is 32.4. The van der Waals surface area contributed by atoms with Crippen LogP contribution >= 0.6 is 0 Å². The van der Waals surface area contributed by atoms with Crippen molar-refractivity contribution in [3.8, 4) is 44.5 Å². The third kappa shape index (κ3) is 4.70. The van der Waals surface area contributed by atoms with Crippen molar-refractivity contribution in [2.45, 2.75) is 0 Å². The summed E-state index contributed by atoms with van der Waals surface area (Å²) in [5.74, 6) is 0. The number of fused-ring (bicyclic) bond motifs is 10. The highest BCUT2D eigenvalue weighted by Gasteiger charge is 2.23. The average Bonchev–Trinajstić information content (AvgIpc) is 3.89. The van der Waals surface area contributed by atoms with Gasteiger partial charge in [-0.3, -0.25) is 0 Å². The van der Waals surface area contributed by atoms with Crippen LogP contribution in [0.15, 0.2) is 215 Å². The Kier molecular flexibility index (Phi) is 7.05. The van der Waals surface area contributed by atoms with Gasteiger partial charge in [-0.1, -0.05) is 176 Å². The van der Waals surface area contributed by atoms with Gasteiger partial charge in [-0.05, 0) is 118 Å². The second-order valence-electron chi connectivity index (χ2n) is 15.8. The molecule has 0 aliphatic rings. The van der Waals surface area contributed by atoms with Crippen molar-refractivity contribution < 1.29 is 8.83 Å². The van der Waals surface area contributed by atoms with Gasteiger partial charge >= 0.3 is 0 Å². The second-order valence-corrected chi connectivity index (χ2v) is 15.8. The standard InChI is InChI=1S/C58H34O2/c1-2-16-35(17-3-1)53-37-18-4-6-20-39(37)54(40-21-7-5-19-38(40)53)36-32-33-46-52(34-36)60-51-31-15-28-48(58(46)51)56-43-24-10-8-22-41(43)55(42-23-9-11-25-44(42)56)47-27-14-30-50-57(47)45-26-12-13-29-49(45)59-50/h1-34H. The third-order valence-electron chi connectivity index (χ3n) is 12.7. The lowest BCUT2D eigenvalue weighted by atomic mass is 9.84. The molecule has 0 radical (unpaired) electrons. The van der Waals surface area contributed by atoms with Crippen molar-refractivity contribution >= 4 is 87.0 Å². The van der Waals surface area contributed by atoms with E-state index in [4.69, 9.17) is 8.83 Å². The van der Waals surface area contributed by atoms with Gasteiger partial charge in [-0.15, -0.1) is 0 Å². The van der Waals surface area contributed by atoms with E-state index in [0.29, 0.717) is 0 Å². The molecule has 2 heterocycles. The maximum absolute atomic E-state index is 6.88. The monoisotopic (exact) mass is 762 g/mol. The van der Waals surface area contributed by atoms with Crippen molar-refractivity contribution in [3.63, 3.8) is 0 Å². The highest BCUT2D eigenvalue weighted by atomic mass is 16.3. The fourth-order valence-corrected chi connectivity index (χ4v) is 10.2. The highest BCUT2D eigenvalue weighted by molar-refractivity contribution is 6.29. The van der Waals surface area contributed by atoms with Gasteiger partial charge in [0, 0.05) is 21.5 Å². The van der Waals surface area contributed by atoms with Crippen LogP contribution in [0.4, 0.5) is 0 Å². The lowest BCUT2D eigenvalue weighted by molar-refractivity contribution is 0.668. The van der Waals surface area contributed by atoms with E-state index < -0.39 is 0 Å². The molecule has 13 rings (SSSR count). The fourth-order valence-electron chi connectivity index (χ4n) is 10.2. The van der Waals surface area contributed by atoms with Crippen LogP contribution in [0, 0.1) is 0 Å². The molecule has 0 saturated carbocycles. The Morgan fingerprint density at radius 2 is 0.583 bits per heavy atom. The summed E-state index contributed by atoms with van der Waals surface area (Å²) >= 11 is 0. The first-order valence-electron chi connectivity index (χ1n) is 20.6. The molecule has 2 heteroatoms. The Labute approximate surface area is 345 Å². The van der Waals surface area contributed by atoms with Gasteiger partial charge in [0.15, 0.2) is 0 Å². The molecule has 0 fully saturated rings. The molecule has 13 aromatic rings. The zero-order chi connectivity index (χ0) is 39.3. The molecule has 278 valence electrons. The fraction of sp³-hybridized carbons (Fsp3) is 0. The smallest absolute Gasteiger partial charge is 0.136 e. The number of hydrogen-bond donors (Lipinski definition) is 0. The molecule has 0 atom stereocenters. The Bertz CT molecular complexity index is 3770. The molecule has 0 saturated heterocycles. The minimum absolute atomic E-state index is 0.874. The summed E-state index contributed by atoms with van der Waals surface area (Å²) in [7, 11) is 0. The van der Waals surface area contributed by atoms with Crippen molar-refractivity contribution in [3.05, 3.63) is 206 Å². The predicted molar refractivity (Wildman–Crippen MR) is 253 cm³/mol. The van der Waals surface area contributed by atoms with Crippen LogP contribution in [0.3, 0.4) is 0 Å². The molecule has 2 aromatic heterocycles. The van der Waals surface area contributed by atoms with Crippen LogP contribution in [0.2, 0.25) is 0 Å². The van der Waals surface area contributed by atoms with Crippen molar-refractivity contribution in [2.24, 2.45) is 0 Å². The largest absolute Gasteiger partial charge is 0.456 e. The molecule has 0 spiro atoms. The molecule has 60 heavy (non-hydrogen) atoms. The molecule has 0 N–H and O–H groups in total. The molecule has 11 aromatic carbocycles. The third-order valence-corrected chi connectivity index (χ3v) is 12.7. The number of para-hydroxylation sites is 1. The lowest BCUT2D eigenvalue weighted by Gasteiger charge is -2.18. The summed E-state index contributed by atoms with van der Waals surface area (Å²) in [5.41, 5.74) is 13.1. The first-order valence-corrected chi connectivity index (χ1v) is 20.6. The van der Waals surface area contributed by atoms with Gasteiger partial charge in [0.2, 0.25) is 0 Å². The van der Waals surface area contributed by atoms with Crippen LogP contribution in [-0.4, -0.2) is 0 Å². The Morgan fingerprint density at radius 3 is 1.08 bits per heavy atom. The van der Waals surface area contributed by atoms with E-state index in [1.165, 1.54) is 76.5 Å². The van der Waals surface area contributed by atoms with Crippen LogP contribution in [0.25, 0.3) is 131 Å². The minimum atomic E-state index is 0.874. The molecular weight excluding hydrogens is 729 g/mol. The quantitative estimate of drug-likeness (QED) is 0.167. The highest BCUT2D eigenvalue weighted by Crippen LogP contribution is 2.50.